The third-order valence-corrected chi connectivity index (χ3v) is 4.01. The van der Waals surface area contributed by atoms with Gasteiger partial charge in [-0.25, -0.2) is 4.39 Å². The monoisotopic (exact) mass is 257 g/mol. The molecule has 2 unspecified atom stereocenters. The fourth-order valence-electron chi connectivity index (χ4n) is 3.23. The molecule has 1 aromatic rings. The summed E-state index contributed by atoms with van der Waals surface area (Å²) in [6, 6.07) is 6.50. The second-order valence-corrected chi connectivity index (χ2v) is 5.37. The summed E-state index contributed by atoms with van der Waals surface area (Å²) in [6.45, 7) is 2.16. The van der Waals surface area contributed by atoms with Crippen molar-refractivity contribution in [3.63, 3.8) is 0 Å². The van der Waals surface area contributed by atoms with E-state index in [-0.39, 0.29) is 29.8 Å². The predicted octanol–water partition coefficient (Wildman–Crippen LogP) is 2.42. The highest BCUT2D eigenvalue weighted by Gasteiger charge is 2.54. The average Bonchev–Trinajstić information content (AvgIpc) is 2.71. The minimum absolute atomic E-state index is 0. The van der Waals surface area contributed by atoms with Gasteiger partial charge >= 0.3 is 0 Å². The van der Waals surface area contributed by atoms with Crippen molar-refractivity contribution in [3.8, 4) is 0 Å². The summed E-state index contributed by atoms with van der Waals surface area (Å²) in [5.41, 5.74) is 0.595. The van der Waals surface area contributed by atoms with Gasteiger partial charge in [-0.15, -0.1) is 12.4 Å². The van der Waals surface area contributed by atoms with E-state index in [2.05, 4.69) is 12.2 Å². The van der Waals surface area contributed by atoms with E-state index in [0.29, 0.717) is 11.5 Å². The first-order valence-electron chi connectivity index (χ1n) is 5.79. The minimum atomic E-state index is -0.726. The molecular weight excluding hydrogens is 241 g/mol. The lowest BCUT2D eigenvalue weighted by Gasteiger charge is -2.33. The zero-order valence-electron chi connectivity index (χ0n) is 9.69. The highest BCUT2D eigenvalue weighted by Crippen LogP contribution is 2.50. The molecule has 1 saturated carbocycles. The lowest BCUT2D eigenvalue weighted by Crippen LogP contribution is -2.40. The van der Waals surface area contributed by atoms with Gasteiger partial charge in [0.05, 0.1) is 6.10 Å². The van der Waals surface area contributed by atoms with Crippen LogP contribution >= 0.6 is 12.4 Å². The van der Waals surface area contributed by atoms with Crippen LogP contribution in [0.1, 0.15) is 31.4 Å². The van der Waals surface area contributed by atoms with Crippen LogP contribution in [0, 0.1) is 11.7 Å². The molecule has 2 atom stereocenters. The maximum Gasteiger partial charge on any atom is 0.129 e. The molecule has 0 radical (unpaired) electrons. The molecule has 1 aromatic carbocycles. The van der Waals surface area contributed by atoms with Crippen LogP contribution in [0.2, 0.25) is 0 Å². The lowest BCUT2D eigenvalue weighted by atomic mass is 9.72. The van der Waals surface area contributed by atoms with Gasteiger partial charge in [0.15, 0.2) is 0 Å². The molecule has 2 saturated heterocycles. The Morgan fingerprint density at radius 3 is 2.59 bits per heavy atom. The number of aliphatic hydroxyl groups excluding tert-OH is 1. The van der Waals surface area contributed by atoms with E-state index < -0.39 is 6.10 Å². The molecule has 2 nitrogen and oxygen atoms in total. The number of aliphatic hydroxyl groups is 1. The Bertz CT molecular complexity index is 420. The molecule has 2 aliphatic heterocycles. The Hall–Kier alpha value is -0.640. The predicted molar refractivity (Wildman–Crippen MR) is 66.7 cm³/mol. The second kappa shape index (κ2) is 4.23. The van der Waals surface area contributed by atoms with Crippen molar-refractivity contribution in [2.45, 2.75) is 37.5 Å². The number of nitrogens with one attached hydrogen (secondary N) is 1. The number of halogens is 2. The average molecular weight is 258 g/mol. The first-order valence-corrected chi connectivity index (χ1v) is 5.79. The van der Waals surface area contributed by atoms with Crippen molar-refractivity contribution in [1.29, 1.82) is 0 Å². The summed E-state index contributed by atoms with van der Waals surface area (Å²) in [6.07, 6.45) is 1.47. The molecular formula is C13H17ClFNO. The Morgan fingerprint density at radius 2 is 2.06 bits per heavy atom. The lowest BCUT2D eigenvalue weighted by molar-refractivity contribution is 0.118. The molecule has 1 aliphatic carbocycles. The van der Waals surface area contributed by atoms with Crippen molar-refractivity contribution in [3.05, 3.63) is 35.6 Å². The van der Waals surface area contributed by atoms with Crippen LogP contribution in [0.4, 0.5) is 4.39 Å². The molecule has 0 aromatic heterocycles. The smallest absolute Gasteiger partial charge is 0.129 e. The number of fused-ring (bicyclic) bond motifs is 1. The normalized spacial score (nSPS) is 35.9. The van der Waals surface area contributed by atoms with Crippen LogP contribution in [0.15, 0.2) is 24.3 Å². The van der Waals surface area contributed by atoms with Crippen molar-refractivity contribution < 1.29 is 9.50 Å². The van der Waals surface area contributed by atoms with Crippen LogP contribution in [-0.2, 0) is 0 Å². The Morgan fingerprint density at radius 1 is 1.41 bits per heavy atom. The summed E-state index contributed by atoms with van der Waals surface area (Å²) >= 11 is 0. The van der Waals surface area contributed by atoms with Crippen molar-refractivity contribution in [2.24, 2.45) is 5.92 Å². The molecule has 17 heavy (non-hydrogen) atoms. The van der Waals surface area contributed by atoms with Gasteiger partial charge in [-0.3, -0.25) is 0 Å². The van der Waals surface area contributed by atoms with E-state index in [1.54, 1.807) is 18.2 Å². The zero-order valence-corrected chi connectivity index (χ0v) is 10.5. The molecule has 3 fully saturated rings. The van der Waals surface area contributed by atoms with Gasteiger partial charge in [-0.05, 0) is 31.7 Å². The van der Waals surface area contributed by atoms with Crippen LogP contribution in [0.5, 0.6) is 0 Å². The van der Waals surface area contributed by atoms with Gasteiger partial charge in [0.1, 0.15) is 5.82 Å². The van der Waals surface area contributed by atoms with Crippen molar-refractivity contribution in [1.82, 2.24) is 5.32 Å². The first-order chi connectivity index (χ1) is 7.59. The van der Waals surface area contributed by atoms with Gasteiger partial charge in [-0.1, -0.05) is 18.2 Å². The van der Waals surface area contributed by atoms with E-state index in [0.717, 1.165) is 12.8 Å². The topological polar surface area (TPSA) is 32.3 Å². The van der Waals surface area contributed by atoms with E-state index in [9.17, 15) is 9.50 Å². The molecule has 94 valence electrons. The number of benzene rings is 1. The zero-order chi connectivity index (χ0) is 11.3. The van der Waals surface area contributed by atoms with E-state index in [1.807, 2.05) is 0 Å². The molecule has 2 N–H and O–H groups in total. The maximum atomic E-state index is 13.5. The molecule has 2 bridgehead atoms. The molecule has 2 heterocycles. The quantitative estimate of drug-likeness (QED) is 0.853. The highest BCUT2D eigenvalue weighted by atomic mass is 35.5. The number of hydrogen-bond acceptors (Lipinski definition) is 2. The van der Waals surface area contributed by atoms with Crippen molar-refractivity contribution >= 4 is 12.4 Å². The summed E-state index contributed by atoms with van der Waals surface area (Å²) in [4.78, 5) is 0. The Labute approximate surface area is 107 Å². The second-order valence-electron chi connectivity index (χ2n) is 5.37. The molecule has 0 amide bonds. The van der Waals surface area contributed by atoms with Gasteiger partial charge < -0.3 is 10.4 Å². The molecule has 4 heteroatoms. The van der Waals surface area contributed by atoms with E-state index >= 15 is 0 Å². The van der Waals surface area contributed by atoms with E-state index in [1.165, 1.54) is 6.07 Å². The third-order valence-electron chi connectivity index (χ3n) is 4.01. The maximum absolute atomic E-state index is 13.5. The van der Waals surface area contributed by atoms with E-state index in [4.69, 9.17) is 0 Å². The standard InChI is InChI=1S/C13H16FNO.ClH/c1-13-6-8(7-13)11(15-13)12(16)9-4-2-3-5-10(9)14;/h2-5,8,11-12,15-16H,6-7H2,1H3;1H. The van der Waals surface area contributed by atoms with Crippen LogP contribution in [0.3, 0.4) is 0 Å². The molecule has 4 rings (SSSR count). The van der Waals surface area contributed by atoms with Gasteiger partial charge in [0.2, 0.25) is 0 Å². The fraction of sp³-hybridized carbons (Fsp3) is 0.538. The largest absolute Gasteiger partial charge is 0.387 e. The summed E-state index contributed by atoms with van der Waals surface area (Å²) < 4.78 is 13.5. The molecule has 3 aliphatic rings. The number of hydrogen-bond donors (Lipinski definition) is 2. The van der Waals surface area contributed by atoms with Crippen LogP contribution < -0.4 is 5.32 Å². The van der Waals surface area contributed by atoms with Crippen LogP contribution in [0.25, 0.3) is 0 Å². The third kappa shape index (κ3) is 1.96. The highest BCUT2D eigenvalue weighted by molar-refractivity contribution is 5.85. The SMILES string of the molecule is CC12CC(C1)C(C(O)c1ccccc1F)N2.Cl. The minimum Gasteiger partial charge on any atom is -0.387 e. The summed E-state index contributed by atoms with van der Waals surface area (Å²) in [5, 5.41) is 13.6. The fourth-order valence-corrected chi connectivity index (χ4v) is 3.23. The Kier molecular flexibility index (Phi) is 3.19. The van der Waals surface area contributed by atoms with Crippen molar-refractivity contribution in [2.75, 3.05) is 0 Å². The van der Waals surface area contributed by atoms with Gasteiger partial charge in [0.25, 0.3) is 0 Å². The molecule has 0 spiro atoms. The van der Waals surface area contributed by atoms with Gasteiger partial charge in [-0.2, -0.15) is 0 Å². The summed E-state index contributed by atoms with van der Waals surface area (Å²) in [7, 11) is 0. The number of rotatable bonds is 2. The Balaban J connectivity index is 0.00000108. The summed E-state index contributed by atoms with van der Waals surface area (Å²) in [5.74, 6) is 0.186. The van der Waals surface area contributed by atoms with Gasteiger partial charge in [0, 0.05) is 17.1 Å². The van der Waals surface area contributed by atoms with Crippen LogP contribution in [-0.4, -0.2) is 16.7 Å². The first kappa shape index (κ1) is 12.8.